The van der Waals surface area contributed by atoms with E-state index < -0.39 is 0 Å². The van der Waals surface area contributed by atoms with Gasteiger partial charge < -0.3 is 10.2 Å². The summed E-state index contributed by atoms with van der Waals surface area (Å²) in [7, 11) is 1.98. The van der Waals surface area contributed by atoms with Crippen molar-refractivity contribution in [3.05, 3.63) is 17.8 Å². The van der Waals surface area contributed by atoms with Gasteiger partial charge in [-0.2, -0.15) is 0 Å². The van der Waals surface area contributed by atoms with E-state index >= 15 is 0 Å². The van der Waals surface area contributed by atoms with Gasteiger partial charge in [-0.05, 0) is 31.9 Å². The van der Waals surface area contributed by atoms with Crippen molar-refractivity contribution in [2.24, 2.45) is 0 Å². The van der Waals surface area contributed by atoms with Crippen LogP contribution in [0.25, 0.3) is 0 Å². The molecule has 1 amide bonds. The maximum Gasteiger partial charge on any atom is 0.211 e. The van der Waals surface area contributed by atoms with Gasteiger partial charge in [0.25, 0.3) is 0 Å². The Morgan fingerprint density at radius 2 is 1.94 bits per heavy atom. The number of nitrogens with zero attached hydrogens (tertiary/aromatic N) is 2. The van der Waals surface area contributed by atoms with Gasteiger partial charge in [0.1, 0.15) is 0 Å². The molecular weight excluding hydrogens is 214 g/mol. The molecule has 1 aromatic heterocycles. The molecule has 0 aliphatic carbocycles. The van der Waals surface area contributed by atoms with Crippen molar-refractivity contribution < 1.29 is 4.79 Å². The molecule has 0 fully saturated rings. The smallest absolute Gasteiger partial charge is 0.211 e. The number of aromatic nitrogens is 1. The molecule has 0 spiro atoms. The maximum atomic E-state index is 10.6. The zero-order chi connectivity index (χ0) is 13.0. The van der Waals surface area contributed by atoms with Gasteiger partial charge in [0.2, 0.25) is 6.41 Å². The van der Waals surface area contributed by atoms with Gasteiger partial charge in [-0.3, -0.25) is 4.79 Å². The summed E-state index contributed by atoms with van der Waals surface area (Å²) < 4.78 is 0. The summed E-state index contributed by atoms with van der Waals surface area (Å²) in [4.78, 5) is 17.3. The number of amides is 1. The Hall–Kier alpha value is -1.58. The van der Waals surface area contributed by atoms with Crippen molar-refractivity contribution in [2.75, 3.05) is 17.3 Å². The highest BCUT2D eigenvalue weighted by atomic mass is 16.1. The average Bonchev–Trinajstić information content (AvgIpc) is 2.28. The largest absolute Gasteiger partial charge is 0.356 e. The molecule has 0 unspecified atom stereocenters. The minimum Gasteiger partial charge on any atom is -0.356 e. The number of carbonyl (C=O) groups excluding carboxylic acids is 1. The lowest BCUT2D eigenvalue weighted by Gasteiger charge is -2.25. The molecule has 1 heterocycles. The van der Waals surface area contributed by atoms with Crippen molar-refractivity contribution in [1.29, 1.82) is 0 Å². The lowest BCUT2D eigenvalue weighted by Crippen LogP contribution is -2.27. The Labute approximate surface area is 103 Å². The summed E-state index contributed by atoms with van der Waals surface area (Å²) in [6.45, 7) is 8.39. The standard InChI is InChI=1S/C13H21N3O/c1-9(2)11-6-7-12(14-8-17)13(15-11)16(5)10(3)4/h6-10H,1-5H3,(H,14,17). The predicted molar refractivity (Wildman–Crippen MR) is 71.6 cm³/mol. The number of nitrogens with one attached hydrogen (secondary N) is 1. The lowest BCUT2D eigenvalue weighted by atomic mass is 10.1. The number of hydrogen-bond donors (Lipinski definition) is 1. The molecule has 0 aliphatic heterocycles. The average molecular weight is 235 g/mol. The summed E-state index contributed by atoms with van der Waals surface area (Å²) in [6.07, 6.45) is 0.684. The Bertz CT molecular complexity index is 388. The van der Waals surface area contributed by atoms with Crippen LogP contribution in [-0.4, -0.2) is 24.5 Å². The van der Waals surface area contributed by atoms with Crippen LogP contribution in [0.1, 0.15) is 39.3 Å². The van der Waals surface area contributed by atoms with Gasteiger partial charge in [0.15, 0.2) is 5.82 Å². The van der Waals surface area contributed by atoms with Gasteiger partial charge >= 0.3 is 0 Å². The van der Waals surface area contributed by atoms with E-state index in [1.807, 2.05) is 19.2 Å². The first-order valence-electron chi connectivity index (χ1n) is 5.91. The number of hydrogen-bond acceptors (Lipinski definition) is 3. The maximum absolute atomic E-state index is 10.6. The molecular formula is C13H21N3O. The van der Waals surface area contributed by atoms with E-state index in [-0.39, 0.29) is 0 Å². The van der Waals surface area contributed by atoms with Crippen molar-refractivity contribution in [2.45, 2.75) is 39.7 Å². The minimum atomic E-state index is 0.331. The first-order valence-corrected chi connectivity index (χ1v) is 5.91. The summed E-state index contributed by atoms with van der Waals surface area (Å²) in [5, 5.41) is 2.69. The van der Waals surface area contributed by atoms with Crippen LogP contribution in [0.4, 0.5) is 11.5 Å². The third-order valence-electron chi connectivity index (χ3n) is 2.81. The third-order valence-corrected chi connectivity index (χ3v) is 2.81. The number of rotatable bonds is 5. The second-order valence-electron chi connectivity index (χ2n) is 4.73. The molecule has 94 valence electrons. The highest BCUT2D eigenvalue weighted by molar-refractivity contribution is 5.79. The Morgan fingerprint density at radius 1 is 1.29 bits per heavy atom. The van der Waals surface area contributed by atoms with Crippen molar-refractivity contribution in [3.8, 4) is 0 Å². The zero-order valence-corrected chi connectivity index (χ0v) is 11.2. The Kier molecular flexibility index (Phi) is 4.49. The molecule has 1 aromatic rings. The molecule has 17 heavy (non-hydrogen) atoms. The number of carbonyl (C=O) groups is 1. The number of anilines is 2. The molecule has 0 saturated carbocycles. The van der Waals surface area contributed by atoms with Crippen LogP contribution >= 0.6 is 0 Å². The molecule has 0 aromatic carbocycles. The Balaban J connectivity index is 3.19. The van der Waals surface area contributed by atoms with Gasteiger partial charge in [-0.25, -0.2) is 4.98 Å². The molecule has 0 radical (unpaired) electrons. The van der Waals surface area contributed by atoms with Crippen LogP contribution in [0.2, 0.25) is 0 Å². The summed E-state index contributed by atoms with van der Waals surface area (Å²) >= 11 is 0. The number of pyridine rings is 1. The predicted octanol–water partition coefficient (Wildman–Crippen LogP) is 2.62. The monoisotopic (exact) mass is 235 g/mol. The molecule has 1 rings (SSSR count). The first-order chi connectivity index (χ1) is 7.97. The van der Waals surface area contributed by atoms with Gasteiger partial charge in [-0.15, -0.1) is 0 Å². The van der Waals surface area contributed by atoms with Crippen LogP contribution in [0, 0.1) is 0 Å². The Morgan fingerprint density at radius 3 is 2.41 bits per heavy atom. The van der Waals surface area contributed by atoms with E-state index in [0.717, 1.165) is 17.2 Å². The second kappa shape index (κ2) is 5.66. The van der Waals surface area contributed by atoms with Gasteiger partial charge in [0.05, 0.1) is 5.69 Å². The molecule has 0 atom stereocenters. The topological polar surface area (TPSA) is 45.2 Å². The van der Waals surface area contributed by atoms with Gasteiger partial charge in [-0.1, -0.05) is 13.8 Å². The van der Waals surface area contributed by atoms with E-state index in [1.165, 1.54) is 0 Å². The molecule has 0 saturated heterocycles. The molecule has 0 bridgehead atoms. The highest BCUT2D eigenvalue weighted by Crippen LogP contribution is 2.26. The molecule has 4 nitrogen and oxygen atoms in total. The van der Waals surface area contributed by atoms with Crippen LogP contribution < -0.4 is 10.2 Å². The van der Waals surface area contributed by atoms with Crippen LogP contribution in [0.3, 0.4) is 0 Å². The normalized spacial score (nSPS) is 10.8. The lowest BCUT2D eigenvalue weighted by molar-refractivity contribution is -0.105. The van der Waals surface area contributed by atoms with E-state index in [9.17, 15) is 4.79 Å². The fourth-order valence-corrected chi connectivity index (χ4v) is 1.47. The van der Waals surface area contributed by atoms with Crippen LogP contribution in [-0.2, 0) is 4.79 Å². The highest BCUT2D eigenvalue weighted by Gasteiger charge is 2.13. The van der Waals surface area contributed by atoms with Crippen molar-refractivity contribution >= 4 is 17.9 Å². The molecule has 4 heteroatoms. The van der Waals surface area contributed by atoms with E-state index in [4.69, 9.17) is 0 Å². The minimum absolute atomic E-state index is 0.331. The fraction of sp³-hybridized carbons (Fsp3) is 0.538. The van der Waals surface area contributed by atoms with Crippen molar-refractivity contribution in [1.82, 2.24) is 4.98 Å². The summed E-state index contributed by atoms with van der Waals surface area (Å²) in [6, 6.07) is 4.19. The quantitative estimate of drug-likeness (QED) is 0.798. The fourth-order valence-electron chi connectivity index (χ4n) is 1.47. The second-order valence-corrected chi connectivity index (χ2v) is 4.73. The van der Waals surface area contributed by atoms with Crippen molar-refractivity contribution in [3.63, 3.8) is 0 Å². The van der Waals surface area contributed by atoms with Gasteiger partial charge in [0, 0.05) is 18.8 Å². The molecule has 1 N–H and O–H groups in total. The third kappa shape index (κ3) is 3.19. The zero-order valence-electron chi connectivity index (χ0n) is 11.2. The van der Waals surface area contributed by atoms with E-state index in [1.54, 1.807) is 0 Å². The first kappa shape index (κ1) is 13.5. The SMILES string of the molecule is CC(C)c1ccc(NC=O)c(N(C)C(C)C)n1. The van der Waals surface area contributed by atoms with Crippen LogP contribution in [0.5, 0.6) is 0 Å². The van der Waals surface area contributed by atoms with E-state index in [0.29, 0.717) is 18.4 Å². The summed E-state index contributed by atoms with van der Waals surface area (Å²) in [5.41, 5.74) is 1.78. The summed E-state index contributed by atoms with van der Waals surface area (Å²) in [5.74, 6) is 1.19. The van der Waals surface area contributed by atoms with Crippen LogP contribution in [0.15, 0.2) is 12.1 Å². The van der Waals surface area contributed by atoms with E-state index in [2.05, 4.69) is 42.9 Å². The molecule has 0 aliphatic rings.